The van der Waals surface area contributed by atoms with Crippen LogP contribution < -0.4 is 10.0 Å². The van der Waals surface area contributed by atoms with Gasteiger partial charge >= 0.3 is 10.3 Å². The van der Waals surface area contributed by atoms with E-state index in [1.807, 2.05) is 27.6 Å². The first-order chi connectivity index (χ1) is 11.0. The fourth-order valence-corrected chi connectivity index (χ4v) is 3.81. The summed E-state index contributed by atoms with van der Waals surface area (Å²) in [5.41, 5.74) is 2.24. The van der Waals surface area contributed by atoms with Gasteiger partial charge in [-0.15, -0.1) is 22.7 Å². The van der Waals surface area contributed by atoms with Crippen LogP contribution in [-0.2, 0) is 16.8 Å². The molecule has 0 fully saturated rings. The molecule has 2 aromatic heterocycles. The Morgan fingerprint density at radius 2 is 1.91 bits per heavy atom. The zero-order valence-electron chi connectivity index (χ0n) is 11.8. The predicted octanol–water partition coefficient (Wildman–Crippen LogP) is 3.70. The van der Waals surface area contributed by atoms with Crippen LogP contribution in [0.15, 0.2) is 47.2 Å². The summed E-state index contributed by atoms with van der Waals surface area (Å²) in [6.45, 7) is 0.573. The van der Waals surface area contributed by atoms with Gasteiger partial charge in [-0.2, -0.15) is 8.42 Å². The average molecular weight is 367 g/mol. The second-order valence-electron chi connectivity index (χ2n) is 4.64. The largest absolute Gasteiger partial charge is 0.357 e. The number of rotatable bonds is 6. The first-order valence-corrected chi connectivity index (χ1v) is 9.77. The maximum absolute atomic E-state index is 10.7. The highest BCUT2D eigenvalue weighted by atomic mass is 32.2. The molecule has 0 radical (unpaired) electrons. The van der Waals surface area contributed by atoms with Gasteiger partial charge in [-0.1, -0.05) is 18.2 Å². The topological polar surface area (TPSA) is 91.3 Å². The van der Waals surface area contributed by atoms with Gasteiger partial charge in [0.1, 0.15) is 0 Å². The number of benzene rings is 1. The van der Waals surface area contributed by atoms with Gasteiger partial charge < -0.3 is 5.32 Å². The van der Waals surface area contributed by atoms with Crippen LogP contribution in [0.1, 0.15) is 5.56 Å². The Morgan fingerprint density at radius 1 is 1.13 bits per heavy atom. The summed E-state index contributed by atoms with van der Waals surface area (Å²) in [4.78, 5) is 5.66. The standard InChI is InChI=1S/C14H13N3O3S3/c18-23(19,20)17-11-5-3-10(4-6-11)8-15-14-16-12(9-22-14)13-2-1-7-21-13/h1-7,9,17H,8H2,(H,15,16)(H,18,19,20). The van der Waals surface area contributed by atoms with Crippen molar-refractivity contribution in [1.29, 1.82) is 0 Å². The number of anilines is 2. The second kappa shape index (κ2) is 6.67. The van der Waals surface area contributed by atoms with Gasteiger partial charge in [0.15, 0.2) is 5.13 Å². The van der Waals surface area contributed by atoms with Gasteiger partial charge in [0, 0.05) is 11.9 Å². The first-order valence-electron chi connectivity index (χ1n) is 6.57. The molecule has 0 aliphatic heterocycles. The normalized spacial score (nSPS) is 11.3. The molecule has 120 valence electrons. The van der Waals surface area contributed by atoms with Gasteiger partial charge in [-0.25, -0.2) is 4.98 Å². The van der Waals surface area contributed by atoms with Crippen LogP contribution in [0.2, 0.25) is 0 Å². The van der Waals surface area contributed by atoms with Crippen LogP contribution in [0, 0.1) is 0 Å². The smallest absolute Gasteiger partial charge is 0.357 e. The summed E-state index contributed by atoms with van der Waals surface area (Å²) in [5, 5.41) is 8.09. The Balaban J connectivity index is 1.60. The third kappa shape index (κ3) is 4.52. The minimum atomic E-state index is -4.24. The SMILES string of the molecule is O=S(=O)(O)Nc1ccc(CNc2nc(-c3cccs3)cs2)cc1. The zero-order valence-corrected chi connectivity index (χ0v) is 14.2. The van der Waals surface area contributed by atoms with Gasteiger partial charge in [0.05, 0.1) is 16.3 Å². The van der Waals surface area contributed by atoms with Crippen LogP contribution in [0.25, 0.3) is 10.6 Å². The molecule has 0 saturated heterocycles. The second-order valence-corrected chi connectivity index (χ2v) is 7.60. The van der Waals surface area contributed by atoms with Crippen LogP contribution in [0.3, 0.4) is 0 Å². The van der Waals surface area contributed by atoms with Crippen molar-refractivity contribution >= 4 is 43.8 Å². The van der Waals surface area contributed by atoms with Crippen LogP contribution in [0.5, 0.6) is 0 Å². The van der Waals surface area contributed by atoms with E-state index in [1.54, 1.807) is 35.6 Å². The molecule has 23 heavy (non-hydrogen) atoms. The van der Waals surface area contributed by atoms with Crippen molar-refractivity contribution in [3.63, 3.8) is 0 Å². The van der Waals surface area contributed by atoms with Crippen molar-refractivity contribution in [2.45, 2.75) is 6.54 Å². The Kier molecular flexibility index (Phi) is 4.62. The molecule has 0 aliphatic rings. The number of nitrogens with zero attached hydrogens (tertiary/aromatic N) is 1. The number of hydrogen-bond acceptors (Lipinski definition) is 6. The molecule has 2 heterocycles. The molecule has 0 saturated carbocycles. The molecule has 0 bridgehead atoms. The van der Waals surface area contributed by atoms with Crippen molar-refractivity contribution in [1.82, 2.24) is 4.98 Å². The summed E-state index contributed by atoms with van der Waals surface area (Å²) in [6.07, 6.45) is 0. The van der Waals surface area contributed by atoms with Crippen molar-refractivity contribution < 1.29 is 13.0 Å². The number of aromatic nitrogens is 1. The van der Waals surface area contributed by atoms with E-state index in [2.05, 4.69) is 10.3 Å². The number of nitrogens with one attached hydrogen (secondary N) is 2. The zero-order chi connectivity index (χ0) is 16.3. The lowest BCUT2D eigenvalue weighted by Crippen LogP contribution is -2.10. The van der Waals surface area contributed by atoms with Crippen LogP contribution in [-0.4, -0.2) is 18.0 Å². The molecule has 3 aromatic rings. The van der Waals surface area contributed by atoms with Gasteiger partial charge in [0.2, 0.25) is 0 Å². The lowest BCUT2D eigenvalue weighted by Gasteiger charge is -2.05. The Labute approximate surface area is 141 Å². The van der Waals surface area contributed by atoms with Gasteiger partial charge in [-0.3, -0.25) is 9.27 Å². The molecule has 1 aromatic carbocycles. The van der Waals surface area contributed by atoms with Crippen molar-refractivity contribution in [3.8, 4) is 10.6 Å². The molecule has 0 atom stereocenters. The maximum Gasteiger partial charge on any atom is 0.357 e. The lowest BCUT2D eigenvalue weighted by molar-refractivity contribution is 0.489. The van der Waals surface area contributed by atoms with E-state index in [4.69, 9.17) is 4.55 Å². The third-order valence-electron chi connectivity index (χ3n) is 2.92. The highest BCUT2D eigenvalue weighted by Gasteiger charge is 2.06. The number of thiazole rings is 1. The highest BCUT2D eigenvalue weighted by molar-refractivity contribution is 7.87. The quantitative estimate of drug-likeness (QED) is 0.578. The van der Waals surface area contributed by atoms with E-state index < -0.39 is 10.3 Å². The molecule has 0 aliphatic carbocycles. The van der Waals surface area contributed by atoms with Crippen molar-refractivity contribution in [2.75, 3.05) is 10.0 Å². The van der Waals surface area contributed by atoms with Crippen molar-refractivity contribution in [3.05, 3.63) is 52.7 Å². The molecule has 9 heteroatoms. The van der Waals surface area contributed by atoms with E-state index in [-0.39, 0.29) is 0 Å². The summed E-state index contributed by atoms with van der Waals surface area (Å²) >= 11 is 3.19. The number of hydrogen-bond donors (Lipinski definition) is 3. The minimum absolute atomic E-state index is 0.311. The summed E-state index contributed by atoms with van der Waals surface area (Å²) in [6, 6.07) is 10.7. The molecule has 0 unspecified atom stereocenters. The summed E-state index contributed by atoms with van der Waals surface area (Å²) in [5.74, 6) is 0. The highest BCUT2D eigenvalue weighted by Crippen LogP contribution is 2.28. The Morgan fingerprint density at radius 3 is 2.57 bits per heavy atom. The molecule has 0 spiro atoms. The van der Waals surface area contributed by atoms with E-state index in [0.717, 1.165) is 21.3 Å². The third-order valence-corrected chi connectivity index (χ3v) is 5.11. The monoisotopic (exact) mass is 367 g/mol. The average Bonchev–Trinajstić information content (AvgIpc) is 3.16. The maximum atomic E-state index is 10.7. The van der Waals surface area contributed by atoms with Gasteiger partial charge in [0.25, 0.3) is 0 Å². The molecule has 3 N–H and O–H groups in total. The minimum Gasteiger partial charge on any atom is -0.357 e. The summed E-state index contributed by atoms with van der Waals surface area (Å²) < 4.78 is 32.2. The summed E-state index contributed by atoms with van der Waals surface area (Å²) in [7, 11) is -4.24. The van der Waals surface area contributed by atoms with E-state index in [9.17, 15) is 8.42 Å². The number of thiophene rings is 1. The molecule has 3 rings (SSSR count). The predicted molar refractivity (Wildman–Crippen MR) is 94.4 cm³/mol. The first kappa shape index (κ1) is 15.9. The molecular weight excluding hydrogens is 354 g/mol. The van der Waals surface area contributed by atoms with Crippen LogP contribution in [0.4, 0.5) is 10.8 Å². The van der Waals surface area contributed by atoms with E-state index in [1.165, 1.54) is 11.3 Å². The molecule has 6 nitrogen and oxygen atoms in total. The lowest BCUT2D eigenvalue weighted by atomic mass is 10.2. The van der Waals surface area contributed by atoms with Crippen LogP contribution >= 0.6 is 22.7 Å². The molecule has 0 amide bonds. The van der Waals surface area contributed by atoms with Gasteiger partial charge in [-0.05, 0) is 29.1 Å². The fraction of sp³-hybridized carbons (Fsp3) is 0.0714. The molecular formula is C14H13N3O3S3. The Bertz CT molecular complexity index is 872. The fourth-order valence-electron chi connectivity index (χ4n) is 1.91. The van der Waals surface area contributed by atoms with E-state index >= 15 is 0 Å². The Hall–Kier alpha value is -1.94. The van der Waals surface area contributed by atoms with E-state index in [0.29, 0.717) is 12.2 Å². The van der Waals surface area contributed by atoms with Crippen molar-refractivity contribution in [2.24, 2.45) is 0 Å².